The molecule has 6 heteroatoms. The standard InChI is InChI=1S/C27H26FN5/c1-16-5-7-18(8-6-16)27-32-24(25-26(29)30-13-14-33(25)27)22-15-19-3-2-4-21(23(19)31-22)17-9-11-20(28)12-10-17/h2-4,9-16,18,31H,5-8H2,1H3,(H2,29,30). The van der Waals surface area contributed by atoms with E-state index in [0.29, 0.717) is 11.7 Å². The molecule has 3 heterocycles. The van der Waals surface area contributed by atoms with Gasteiger partial charge in [0.25, 0.3) is 0 Å². The Morgan fingerprint density at radius 1 is 1.06 bits per heavy atom. The third-order valence-electron chi connectivity index (χ3n) is 7.06. The van der Waals surface area contributed by atoms with Crippen molar-refractivity contribution in [3.8, 4) is 22.5 Å². The van der Waals surface area contributed by atoms with Crippen LogP contribution in [0.4, 0.5) is 10.2 Å². The fourth-order valence-electron chi connectivity index (χ4n) is 5.23. The fourth-order valence-corrected chi connectivity index (χ4v) is 5.23. The number of anilines is 1. The van der Waals surface area contributed by atoms with Crippen molar-refractivity contribution in [3.63, 3.8) is 0 Å². The predicted molar refractivity (Wildman–Crippen MR) is 130 cm³/mol. The van der Waals surface area contributed by atoms with Gasteiger partial charge in [0.1, 0.15) is 28.7 Å². The van der Waals surface area contributed by atoms with Gasteiger partial charge in [-0.3, -0.25) is 4.40 Å². The van der Waals surface area contributed by atoms with E-state index in [1.165, 1.54) is 25.0 Å². The summed E-state index contributed by atoms with van der Waals surface area (Å²) in [5.41, 5.74) is 11.9. The summed E-state index contributed by atoms with van der Waals surface area (Å²) in [6.07, 6.45) is 8.46. The summed E-state index contributed by atoms with van der Waals surface area (Å²) in [7, 11) is 0. The molecule has 0 saturated heterocycles. The van der Waals surface area contributed by atoms with E-state index in [-0.39, 0.29) is 5.82 Å². The molecule has 3 aromatic heterocycles. The van der Waals surface area contributed by atoms with E-state index in [2.05, 4.69) is 33.4 Å². The van der Waals surface area contributed by atoms with Crippen molar-refractivity contribution >= 4 is 22.2 Å². The van der Waals surface area contributed by atoms with Crippen molar-refractivity contribution in [3.05, 3.63) is 72.6 Å². The van der Waals surface area contributed by atoms with E-state index in [4.69, 9.17) is 10.7 Å². The lowest BCUT2D eigenvalue weighted by molar-refractivity contribution is 0.339. The number of aromatic nitrogens is 4. The van der Waals surface area contributed by atoms with Crippen molar-refractivity contribution in [2.24, 2.45) is 5.92 Å². The Bertz CT molecular complexity index is 1460. The Morgan fingerprint density at radius 2 is 1.85 bits per heavy atom. The third kappa shape index (κ3) is 3.37. The number of benzene rings is 2. The van der Waals surface area contributed by atoms with Gasteiger partial charge in [-0.05, 0) is 42.5 Å². The Morgan fingerprint density at radius 3 is 2.64 bits per heavy atom. The summed E-state index contributed by atoms with van der Waals surface area (Å²) in [5.74, 6) is 2.50. The minimum absolute atomic E-state index is 0.241. The molecule has 0 unspecified atom stereocenters. The number of aromatic amines is 1. The van der Waals surface area contributed by atoms with E-state index in [9.17, 15) is 4.39 Å². The minimum Gasteiger partial charge on any atom is -0.382 e. The first kappa shape index (κ1) is 20.0. The maximum absolute atomic E-state index is 13.5. The minimum atomic E-state index is -0.241. The van der Waals surface area contributed by atoms with Crippen LogP contribution in [-0.2, 0) is 0 Å². The second-order valence-corrected chi connectivity index (χ2v) is 9.27. The van der Waals surface area contributed by atoms with Crippen LogP contribution in [0.25, 0.3) is 38.9 Å². The van der Waals surface area contributed by atoms with E-state index in [1.54, 1.807) is 18.3 Å². The van der Waals surface area contributed by atoms with Gasteiger partial charge in [0.2, 0.25) is 0 Å². The zero-order valence-electron chi connectivity index (χ0n) is 18.6. The summed E-state index contributed by atoms with van der Waals surface area (Å²) in [6, 6.07) is 14.9. The molecule has 0 amide bonds. The number of nitrogens with one attached hydrogen (secondary N) is 1. The van der Waals surface area contributed by atoms with Gasteiger partial charge in [0, 0.05) is 29.3 Å². The molecule has 5 nitrogen and oxygen atoms in total. The molecular formula is C27H26FN5. The molecule has 1 aliphatic carbocycles. The van der Waals surface area contributed by atoms with Crippen LogP contribution in [0.15, 0.2) is 60.9 Å². The Kier molecular flexibility index (Phi) is 4.68. The Balaban J connectivity index is 1.51. The quantitative estimate of drug-likeness (QED) is 0.334. The Hall–Kier alpha value is -3.67. The first-order chi connectivity index (χ1) is 16.1. The molecule has 166 valence electrons. The lowest BCUT2D eigenvalue weighted by Gasteiger charge is -2.25. The van der Waals surface area contributed by atoms with E-state index in [0.717, 1.165) is 63.5 Å². The molecule has 33 heavy (non-hydrogen) atoms. The number of nitrogens with zero attached hydrogens (tertiary/aromatic N) is 3. The van der Waals surface area contributed by atoms with Gasteiger partial charge < -0.3 is 10.7 Å². The van der Waals surface area contributed by atoms with Crippen LogP contribution in [0.1, 0.15) is 44.3 Å². The van der Waals surface area contributed by atoms with Crippen LogP contribution < -0.4 is 5.73 Å². The SMILES string of the molecule is CC1CCC(c2nc(-c3cc4cccc(-c5ccc(F)cc5)c4[nH]3)c3c(N)nccn23)CC1. The van der Waals surface area contributed by atoms with Crippen LogP contribution in [-0.4, -0.2) is 19.4 Å². The zero-order chi connectivity index (χ0) is 22.5. The fraction of sp³-hybridized carbons (Fsp3) is 0.259. The third-order valence-corrected chi connectivity index (χ3v) is 7.06. The largest absolute Gasteiger partial charge is 0.382 e. The normalized spacial score (nSPS) is 18.8. The maximum atomic E-state index is 13.5. The zero-order valence-corrected chi connectivity index (χ0v) is 18.6. The number of halogens is 1. The lowest BCUT2D eigenvalue weighted by Crippen LogP contribution is -2.13. The molecule has 1 saturated carbocycles. The summed E-state index contributed by atoms with van der Waals surface area (Å²) in [6.45, 7) is 2.33. The number of fused-ring (bicyclic) bond motifs is 2. The molecule has 2 aromatic carbocycles. The van der Waals surface area contributed by atoms with Crippen LogP contribution >= 0.6 is 0 Å². The van der Waals surface area contributed by atoms with Gasteiger partial charge in [-0.25, -0.2) is 14.4 Å². The predicted octanol–water partition coefficient (Wildman–Crippen LogP) is 6.56. The van der Waals surface area contributed by atoms with Crippen molar-refractivity contribution < 1.29 is 4.39 Å². The molecule has 1 aliphatic rings. The molecule has 0 bridgehead atoms. The monoisotopic (exact) mass is 439 g/mol. The van der Waals surface area contributed by atoms with Crippen LogP contribution in [0.5, 0.6) is 0 Å². The van der Waals surface area contributed by atoms with Gasteiger partial charge in [0.05, 0.1) is 11.2 Å². The topological polar surface area (TPSA) is 72.0 Å². The highest BCUT2D eigenvalue weighted by Crippen LogP contribution is 2.39. The molecule has 1 fully saturated rings. The van der Waals surface area contributed by atoms with Crippen LogP contribution in [0, 0.1) is 11.7 Å². The summed E-state index contributed by atoms with van der Waals surface area (Å²) in [5, 5.41) is 1.07. The Labute approximate surface area is 191 Å². The number of hydrogen-bond donors (Lipinski definition) is 2. The lowest BCUT2D eigenvalue weighted by atomic mass is 9.82. The van der Waals surface area contributed by atoms with Crippen molar-refractivity contribution in [2.75, 3.05) is 5.73 Å². The first-order valence-corrected chi connectivity index (χ1v) is 11.6. The van der Waals surface area contributed by atoms with Crippen LogP contribution in [0.2, 0.25) is 0 Å². The average molecular weight is 440 g/mol. The van der Waals surface area contributed by atoms with Gasteiger partial charge in [-0.1, -0.05) is 50.1 Å². The smallest absolute Gasteiger partial charge is 0.150 e. The number of nitrogens with two attached hydrogens (primary N) is 1. The molecule has 0 aliphatic heterocycles. The summed E-state index contributed by atoms with van der Waals surface area (Å²) in [4.78, 5) is 13.1. The van der Waals surface area contributed by atoms with Gasteiger partial charge in [0.15, 0.2) is 0 Å². The summed E-state index contributed by atoms with van der Waals surface area (Å²) >= 11 is 0. The highest BCUT2D eigenvalue weighted by molar-refractivity contribution is 5.98. The van der Waals surface area contributed by atoms with Crippen molar-refractivity contribution in [1.82, 2.24) is 19.4 Å². The number of hydrogen-bond acceptors (Lipinski definition) is 3. The highest BCUT2D eigenvalue weighted by Gasteiger charge is 2.26. The molecule has 0 atom stereocenters. The van der Waals surface area contributed by atoms with Gasteiger partial charge in [-0.2, -0.15) is 0 Å². The molecule has 5 aromatic rings. The molecule has 3 N–H and O–H groups in total. The molecule has 0 spiro atoms. The first-order valence-electron chi connectivity index (χ1n) is 11.6. The molecule has 0 radical (unpaired) electrons. The second-order valence-electron chi connectivity index (χ2n) is 9.27. The number of para-hydroxylation sites is 1. The van der Waals surface area contributed by atoms with Gasteiger partial charge >= 0.3 is 0 Å². The van der Waals surface area contributed by atoms with E-state index >= 15 is 0 Å². The summed E-state index contributed by atoms with van der Waals surface area (Å²) < 4.78 is 15.6. The maximum Gasteiger partial charge on any atom is 0.150 e. The average Bonchev–Trinajstić information content (AvgIpc) is 3.43. The number of rotatable bonds is 3. The van der Waals surface area contributed by atoms with Crippen molar-refractivity contribution in [1.29, 1.82) is 0 Å². The molecule has 6 rings (SSSR count). The second kappa shape index (κ2) is 7.73. The number of imidazole rings is 1. The number of H-pyrrole nitrogens is 1. The van der Waals surface area contributed by atoms with Crippen LogP contribution in [0.3, 0.4) is 0 Å². The molecular weight excluding hydrogens is 413 g/mol. The van der Waals surface area contributed by atoms with Crippen molar-refractivity contribution in [2.45, 2.75) is 38.5 Å². The van der Waals surface area contributed by atoms with E-state index in [1.807, 2.05) is 18.3 Å². The van der Waals surface area contributed by atoms with Gasteiger partial charge in [-0.15, -0.1) is 0 Å². The van der Waals surface area contributed by atoms with E-state index < -0.39 is 0 Å². The highest BCUT2D eigenvalue weighted by atomic mass is 19.1. The number of nitrogen functional groups attached to an aromatic ring is 1.